The van der Waals surface area contributed by atoms with Crippen LogP contribution < -0.4 is 10.6 Å². The third-order valence-corrected chi connectivity index (χ3v) is 4.38. The predicted molar refractivity (Wildman–Crippen MR) is 51.4 cm³/mol. The van der Waals surface area contributed by atoms with Gasteiger partial charge in [0.25, 0.3) is 5.91 Å². The van der Waals surface area contributed by atoms with E-state index < -0.39 is 28.9 Å². The van der Waals surface area contributed by atoms with Crippen molar-refractivity contribution in [1.82, 2.24) is 10.6 Å². The van der Waals surface area contributed by atoms with Gasteiger partial charge in [-0.3, -0.25) is 14.9 Å². The fourth-order valence-electron chi connectivity index (χ4n) is 3.69. The summed E-state index contributed by atoms with van der Waals surface area (Å²) in [6, 6.07) is -0.571. The summed E-state index contributed by atoms with van der Waals surface area (Å²) in [6.45, 7) is 0. The van der Waals surface area contributed by atoms with Crippen LogP contribution in [0.15, 0.2) is 0 Å². The topological polar surface area (TPSA) is 95.5 Å². The van der Waals surface area contributed by atoms with Crippen LogP contribution >= 0.6 is 0 Å². The second kappa shape index (κ2) is 2.56. The molecule has 2 saturated carbocycles. The Hall–Kier alpha value is -1.59. The lowest BCUT2D eigenvalue weighted by molar-refractivity contribution is -0.156. The number of carbonyl (C=O) groups is 3. The molecule has 1 aliphatic heterocycles. The molecular weight excluding hydrogens is 212 g/mol. The van der Waals surface area contributed by atoms with Crippen LogP contribution in [0.4, 0.5) is 4.79 Å². The zero-order valence-electron chi connectivity index (χ0n) is 8.58. The summed E-state index contributed by atoms with van der Waals surface area (Å²) in [5.41, 5.74) is -2.28. The van der Waals surface area contributed by atoms with Gasteiger partial charge in [0.2, 0.25) is 0 Å². The Morgan fingerprint density at radius 1 is 1.38 bits per heavy atom. The van der Waals surface area contributed by atoms with Crippen molar-refractivity contribution in [3.05, 3.63) is 0 Å². The van der Waals surface area contributed by atoms with Crippen LogP contribution in [0, 0.1) is 11.3 Å². The van der Waals surface area contributed by atoms with Crippen molar-refractivity contribution >= 4 is 17.9 Å². The number of imide groups is 1. The van der Waals surface area contributed by atoms with E-state index in [1.807, 2.05) is 0 Å². The maximum Gasteiger partial charge on any atom is 0.322 e. The third-order valence-electron chi connectivity index (χ3n) is 4.38. The van der Waals surface area contributed by atoms with E-state index in [2.05, 4.69) is 10.6 Å². The molecule has 3 amide bonds. The number of nitrogens with one attached hydrogen (secondary N) is 2. The van der Waals surface area contributed by atoms with E-state index >= 15 is 0 Å². The number of carboxylic acid groups (broad SMARTS) is 1. The molecule has 3 atom stereocenters. The van der Waals surface area contributed by atoms with E-state index in [1.165, 1.54) is 0 Å². The van der Waals surface area contributed by atoms with Gasteiger partial charge in [-0.2, -0.15) is 0 Å². The third kappa shape index (κ3) is 0.819. The van der Waals surface area contributed by atoms with E-state index in [-0.39, 0.29) is 5.92 Å². The fraction of sp³-hybridized carbons (Fsp3) is 0.700. The average molecular weight is 224 g/mol. The maximum absolute atomic E-state index is 11.9. The minimum Gasteiger partial charge on any atom is -0.481 e. The number of hydrogen-bond donors (Lipinski definition) is 3. The van der Waals surface area contributed by atoms with Crippen molar-refractivity contribution in [1.29, 1.82) is 0 Å². The lowest BCUT2D eigenvalue weighted by atomic mass is 9.68. The van der Waals surface area contributed by atoms with Gasteiger partial charge >= 0.3 is 12.0 Å². The van der Waals surface area contributed by atoms with Crippen LogP contribution in [-0.2, 0) is 9.59 Å². The molecule has 6 heteroatoms. The predicted octanol–water partition coefficient (Wildman–Crippen LogP) is -0.161. The van der Waals surface area contributed by atoms with E-state index in [0.29, 0.717) is 19.3 Å². The van der Waals surface area contributed by atoms with Crippen molar-refractivity contribution in [2.24, 2.45) is 11.3 Å². The molecule has 2 bridgehead atoms. The van der Waals surface area contributed by atoms with Crippen molar-refractivity contribution in [2.75, 3.05) is 0 Å². The summed E-state index contributed by atoms with van der Waals surface area (Å²) in [6.07, 6.45) is 2.25. The molecule has 3 aliphatic rings. The molecule has 3 fully saturated rings. The molecule has 86 valence electrons. The molecule has 3 N–H and O–H groups in total. The van der Waals surface area contributed by atoms with Crippen molar-refractivity contribution in [2.45, 2.75) is 31.2 Å². The molecule has 1 heterocycles. The number of hydrogen-bond acceptors (Lipinski definition) is 3. The Morgan fingerprint density at radius 3 is 2.62 bits per heavy atom. The number of urea groups is 1. The summed E-state index contributed by atoms with van der Waals surface area (Å²) >= 11 is 0. The summed E-state index contributed by atoms with van der Waals surface area (Å²) in [4.78, 5) is 34.5. The highest BCUT2D eigenvalue weighted by molar-refractivity contribution is 6.10. The molecular formula is C10H12N2O4. The highest BCUT2D eigenvalue weighted by atomic mass is 16.4. The molecule has 2 aliphatic carbocycles. The monoisotopic (exact) mass is 224 g/mol. The normalized spacial score (nSPS) is 44.9. The lowest BCUT2D eigenvalue weighted by Gasteiger charge is -2.38. The van der Waals surface area contributed by atoms with Gasteiger partial charge in [0, 0.05) is 0 Å². The SMILES string of the molecule is O=C1NC(=O)[C@]2(C[C@H]3CC[C@]2(C(=O)O)C3)N1. The number of carbonyl (C=O) groups excluding carboxylic acids is 2. The molecule has 0 unspecified atom stereocenters. The molecule has 1 saturated heterocycles. The fourth-order valence-corrected chi connectivity index (χ4v) is 3.69. The Kier molecular flexibility index (Phi) is 1.54. The Morgan fingerprint density at radius 2 is 2.12 bits per heavy atom. The van der Waals surface area contributed by atoms with Gasteiger partial charge in [-0.1, -0.05) is 0 Å². The molecule has 3 rings (SSSR count). The first-order valence-corrected chi connectivity index (χ1v) is 5.37. The minimum atomic E-state index is -1.20. The highest BCUT2D eigenvalue weighted by Gasteiger charge is 2.72. The van der Waals surface area contributed by atoms with Gasteiger partial charge in [0.15, 0.2) is 0 Å². The minimum absolute atomic E-state index is 0.236. The average Bonchev–Trinajstić information content (AvgIpc) is 2.80. The van der Waals surface area contributed by atoms with Crippen LogP contribution in [0.3, 0.4) is 0 Å². The van der Waals surface area contributed by atoms with Crippen molar-refractivity contribution in [3.63, 3.8) is 0 Å². The molecule has 0 aromatic rings. The maximum atomic E-state index is 11.9. The van der Waals surface area contributed by atoms with Gasteiger partial charge in [-0.05, 0) is 31.6 Å². The Labute approximate surface area is 91.4 Å². The van der Waals surface area contributed by atoms with Crippen LogP contribution in [0.5, 0.6) is 0 Å². The first kappa shape index (κ1) is 9.62. The smallest absolute Gasteiger partial charge is 0.322 e. The second-order valence-electron chi connectivity index (χ2n) is 5.01. The van der Waals surface area contributed by atoms with Crippen LogP contribution in [0.2, 0.25) is 0 Å². The molecule has 0 aromatic carbocycles. The van der Waals surface area contributed by atoms with E-state index in [4.69, 9.17) is 0 Å². The molecule has 1 spiro atoms. The van der Waals surface area contributed by atoms with Gasteiger partial charge in [-0.15, -0.1) is 0 Å². The van der Waals surface area contributed by atoms with Gasteiger partial charge < -0.3 is 10.4 Å². The van der Waals surface area contributed by atoms with Crippen LogP contribution in [0.25, 0.3) is 0 Å². The summed E-state index contributed by atoms with van der Waals surface area (Å²) < 4.78 is 0. The largest absolute Gasteiger partial charge is 0.481 e. The van der Waals surface area contributed by atoms with Gasteiger partial charge in [-0.25, -0.2) is 4.79 Å². The van der Waals surface area contributed by atoms with Crippen LogP contribution in [0.1, 0.15) is 25.7 Å². The van der Waals surface area contributed by atoms with Crippen molar-refractivity contribution < 1.29 is 19.5 Å². The first-order chi connectivity index (χ1) is 7.50. The molecule has 6 nitrogen and oxygen atoms in total. The van der Waals surface area contributed by atoms with Gasteiger partial charge in [0.05, 0.1) is 0 Å². The van der Waals surface area contributed by atoms with Crippen molar-refractivity contribution in [3.8, 4) is 0 Å². The number of fused-ring (bicyclic) bond motifs is 3. The summed E-state index contributed by atoms with van der Waals surface area (Å²) in [5.74, 6) is -1.20. The van der Waals surface area contributed by atoms with E-state index in [1.54, 1.807) is 0 Å². The quantitative estimate of drug-likeness (QED) is 0.539. The zero-order chi connectivity index (χ0) is 11.6. The van der Waals surface area contributed by atoms with E-state index in [0.717, 1.165) is 6.42 Å². The zero-order valence-corrected chi connectivity index (χ0v) is 8.58. The highest BCUT2D eigenvalue weighted by Crippen LogP contribution is 2.60. The number of amides is 3. The first-order valence-electron chi connectivity index (χ1n) is 5.37. The summed E-state index contributed by atoms with van der Waals surface area (Å²) in [7, 11) is 0. The summed E-state index contributed by atoms with van der Waals surface area (Å²) in [5, 5.41) is 14.1. The number of carboxylic acids is 1. The number of aliphatic carboxylic acids is 1. The van der Waals surface area contributed by atoms with Crippen LogP contribution in [-0.4, -0.2) is 28.6 Å². The molecule has 0 radical (unpaired) electrons. The molecule has 0 aromatic heterocycles. The number of rotatable bonds is 1. The molecule has 16 heavy (non-hydrogen) atoms. The lowest BCUT2D eigenvalue weighted by Crippen LogP contribution is -2.60. The van der Waals surface area contributed by atoms with Gasteiger partial charge in [0.1, 0.15) is 11.0 Å². The Balaban J connectivity index is 2.12. The standard InChI is InChI=1S/C10H12N2O4/c13-6-10(12-8(16)11-6)4-5-1-2-9(10,3-5)7(14)15/h5H,1-4H2,(H,14,15)(H2,11,12,13,16)/t5-,9+,10-/m0/s1. The Bertz CT molecular complexity index is 421. The van der Waals surface area contributed by atoms with E-state index in [9.17, 15) is 19.5 Å². The second-order valence-corrected chi connectivity index (χ2v) is 5.01.